The van der Waals surface area contributed by atoms with E-state index in [0.29, 0.717) is 15.8 Å². The van der Waals surface area contributed by atoms with Crippen molar-refractivity contribution in [2.24, 2.45) is 5.92 Å². The first kappa shape index (κ1) is 24.8. The standard InChI is InChI=1S/C23H29N2O4PS2/c1-16(2)21-15-32-23(31)25(21)30(27,29-20-12-10-17(3)11-13-20)24-18(4)22(26)28-14-19-8-6-5-7-9-19/h5-13,16,18,21H,14-15H2,1-4H3,(H,24,27)/t18-,21+,30-/m0/s1. The van der Waals surface area contributed by atoms with E-state index in [0.717, 1.165) is 11.1 Å². The summed E-state index contributed by atoms with van der Waals surface area (Å²) in [5, 5.41) is 2.93. The predicted molar refractivity (Wildman–Crippen MR) is 134 cm³/mol. The van der Waals surface area contributed by atoms with E-state index < -0.39 is 19.7 Å². The van der Waals surface area contributed by atoms with Crippen molar-refractivity contribution in [1.82, 2.24) is 9.76 Å². The highest BCUT2D eigenvalue weighted by Gasteiger charge is 2.47. The highest BCUT2D eigenvalue weighted by Crippen LogP contribution is 2.54. The van der Waals surface area contributed by atoms with E-state index in [1.807, 2.05) is 49.4 Å². The topological polar surface area (TPSA) is 67.9 Å². The van der Waals surface area contributed by atoms with Crippen molar-refractivity contribution >= 4 is 41.9 Å². The second kappa shape index (κ2) is 10.8. The number of thioether (sulfide) groups is 1. The molecule has 0 bridgehead atoms. The van der Waals surface area contributed by atoms with Gasteiger partial charge in [0.2, 0.25) is 0 Å². The molecule has 0 spiro atoms. The van der Waals surface area contributed by atoms with Crippen LogP contribution in [0.15, 0.2) is 54.6 Å². The van der Waals surface area contributed by atoms with Crippen molar-refractivity contribution < 1.29 is 18.6 Å². The van der Waals surface area contributed by atoms with Gasteiger partial charge in [-0.25, -0.2) is 9.65 Å². The number of carbonyl (C=O) groups excluding carboxylic acids is 1. The molecule has 0 aromatic heterocycles. The average Bonchev–Trinajstić information content (AvgIpc) is 3.17. The molecule has 0 unspecified atom stereocenters. The van der Waals surface area contributed by atoms with Crippen molar-refractivity contribution in [2.75, 3.05) is 5.75 Å². The summed E-state index contributed by atoms with van der Waals surface area (Å²) >= 11 is 7.01. The first-order chi connectivity index (χ1) is 15.2. The van der Waals surface area contributed by atoms with Gasteiger partial charge in [0.25, 0.3) is 0 Å². The molecule has 32 heavy (non-hydrogen) atoms. The van der Waals surface area contributed by atoms with Crippen LogP contribution in [0.1, 0.15) is 31.9 Å². The van der Waals surface area contributed by atoms with Crippen LogP contribution < -0.4 is 9.61 Å². The van der Waals surface area contributed by atoms with Gasteiger partial charge in [0.15, 0.2) is 0 Å². The van der Waals surface area contributed by atoms with Crippen LogP contribution in [0.4, 0.5) is 0 Å². The first-order valence-corrected chi connectivity index (χ1v) is 13.5. The number of esters is 1. The molecule has 0 amide bonds. The molecule has 3 atom stereocenters. The van der Waals surface area contributed by atoms with Gasteiger partial charge in [0, 0.05) is 5.75 Å². The molecule has 2 aromatic rings. The van der Waals surface area contributed by atoms with Gasteiger partial charge in [0.05, 0.1) is 6.04 Å². The minimum Gasteiger partial charge on any atom is -0.460 e. The van der Waals surface area contributed by atoms with E-state index in [4.69, 9.17) is 21.5 Å². The third-order valence-electron chi connectivity index (χ3n) is 5.12. The molecule has 172 valence electrons. The summed E-state index contributed by atoms with van der Waals surface area (Å²) in [6, 6.07) is 15.8. The van der Waals surface area contributed by atoms with Crippen molar-refractivity contribution in [3.05, 3.63) is 65.7 Å². The van der Waals surface area contributed by atoms with Gasteiger partial charge in [0.1, 0.15) is 22.7 Å². The number of hydrogen-bond donors (Lipinski definition) is 1. The first-order valence-electron chi connectivity index (χ1n) is 10.5. The van der Waals surface area contributed by atoms with E-state index >= 15 is 0 Å². The summed E-state index contributed by atoms with van der Waals surface area (Å²) in [6.45, 7) is 7.84. The number of benzene rings is 2. The molecule has 0 saturated carbocycles. The average molecular weight is 493 g/mol. The number of ether oxygens (including phenoxy) is 1. The van der Waals surface area contributed by atoms with Crippen LogP contribution in [0.5, 0.6) is 5.75 Å². The number of hydrogen-bond acceptors (Lipinski definition) is 6. The number of carbonyl (C=O) groups is 1. The lowest BCUT2D eigenvalue weighted by atomic mass is 10.1. The highest BCUT2D eigenvalue weighted by molar-refractivity contribution is 8.23. The van der Waals surface area contributed by atoms with Crippen LogP contribution in [0, 0.1) is 12.8 Å². The SMILES string of the molecule is Cc1ccc(O[P@@](=O)(N[C@@H](C)C(=O)OCc2ccccc2)N2C(=S)SC[C@@H]2C(C)C)cc1. The van der Waals surface area contributed by atoms with E-state index in [1.54, 1.807) is 23.7 Å². The van der Waals surface area contributed by atoms with E-state index in [-0.39, 0.29) is 18.6 Å². The molecule has 1 fully saturated rings. The summed E-state index contributed by atoms with van der Waals surface area (Å²) in [4.78, 5) is 12.7. The summed E-state index contributed by atoms with van der Waals surface area (Å²) in [7, 11) is -3.76. The van der Waals surface area contributed by atoms with Crippen LogP contribution in [-0.2, 0) is 20.7 Å². The Kier molecular flexibility index (Phi) is 8.39. The third kappa shape index (κ3) is 6.13. The van der Waals surface area contributed by atoms with E-state index in [1.165, 1.54) is 11.8 Å². The zero-order chi connectivity index (χ0) is 23.3. The quantitative estimate of drug-likeness (QED) is 0.277. The van der Waals surface area contributed by atoms with Crippen molar-refractivity contribution in [3.63, 3.8) is 0 Å². The van der Waals surface area contributed by atoms with E-state index in [2.05, 4.69) is 18.9 Å². The number of nitrogens with zero attached hydrogens (tertiary/aromatic N) is 1. The Labute approximate surface area is 199 Å². The monoisotopic (exact) mass is 492 g/mol. The molecule has 3 rings (SSSR count). The predicted octanol–water partition coefficient (Wildman–Crippen LogP) is 5.56. The van der Waals surface area contributed by atoms with Crippen LogP contribution in [-0.4, -0.2) is 32.8 Å². The fourth-order valence-corrected chi connectivity index (χ4v) is 7.84. The summed E-state index contributed by atoms with van der Waals surface area (Å²) in [5.41, 5.74) is 1.94. The normalized spacial score (nSPS) is 19.0. The molecule has 1 heterocycles. The van der Waals surface area contributed by atoms with Gasteiger partial charge in [-0.3, -0.25) is 9.46 Å². The molecular weight excluding hydrogens is 463 g/mol. The summed E-state index contributed by atoms with van der Waals surface area (Å²) < 4.78 is 27.9. The maximum Gasteiger partial charge on any atom is 0.421 e. The minimum absolute atomic E-state index is 0.0798. The summed E-state index contributed by atoms with van der Waals surface area (Å²) in [6.07, 6.45) is 0. The Hall–Kier alpha value is -1.86. The lowest BCUT2D eigenvalue weighted by molar-refractivity contribution is -0.146. The van der Waals surface area contributed by atoms with Crippen molar-refractivity contribution in [3.8, 4) is 5.75 Å². The van der Waals surface area contributed by atoms with Crippen LogP contribution in [0.25, 0.3) is 0 Å². The molecule has 6 nitrogen and oxygen atoms in total. The van der Waals surface area contributed by atoms with Gasteiger partial charge >= 0.3 is 13.6 Å². The Morgan fingerprint density at radius 3 is 2.47 bits per heavy atom. The Bertz CT molecular complexity index is 985. The van der Waals surface area contributed by atoms with Crippen LogP contribution >= 0.6 is 31.7 Å². The lowest BCUT2D eigenvalue weighted by Crippen LogP contribution is -2.44. The van der Waals surface area contributed by atoms with Gasteiger partial charge in [-0.05, 0) is 37.5 Å². The third-order valence-corrected chi connectivity index (χ3v) is 9.12. The molecule has 0 aliphatic carbocycles. The number of nitrogens with one attached hydrogen (secondary N) is 1. The molecule has 2 aromatic carbocycles. The van der Waals surface area contributed by atoms with E-state index in [9.17, 15) is 9.36 Å². The van der Waals surface area contributed by atoms with Gasteiger partial charge in [-0.2, -0.15) is 0 Å². The fourth-order valence-electron chi connectivity index (χ4n) is 3.23. The molecular formula is C23H29N2O4PS2. The van der Waals surface area contributed by atoms with Crippen LogP contribution in [0.3, 0.4) is 0 Å². The Morgan fingerprint density at radius 1 is 1.19 bits per heavy atom. The molecule has 1 aliphatic rings. The molecule has 1 saturated heterocycles. The van der Waals surface area contributed by atoms with Crippen LogP contribution in [0.2, 0.25) is 0 Å². The van der Waals surface area contributed by atoms with Gasteiger partial charge in [-0.1, -0.05) is 85.9 Å². The zero-order valence-corrected chi connectivity index (χ0v) is 21.2. The van der Waals surface area contributed by atoms with Crippen molar-refractivity contribution in [1.29, 1.82) is 0 Å². The molecule has 1 N–H and O–H groups in total. The molecule has 0 radical (unpaired) electrons. The smallest absolute Gasteiger partial charge is 0.421 e. The second-order valence-electron chi connectivity index (χ2n) is 8.10. The maximum absolute atomic E-state index is 14.3. The lowest BCUT2D eigenvalue weighted by Gasteiger charge is -2.36. The Balaban J connectivity index is 1.81. The molecule has 1 aliphatic heterocycles. The van der Waals surface area contributed by atoms with Gasteiger partial charge in [-0.15, -0.1) is 0 Å². The number of thiocarbonyl (C=S) groups is 1. The fraction of sp³-hybridized carbons (Fsp3) is 0.391. The zero-order valence-electron chi connectivity index (χ0n) is 18.7. The maximum atomic E-state index is 14.3. The van der Waals surface area contributed by atoms with Crippen molar-refractivity contribution in [2.45, 2.75) is 46.4 Å². The second-order valence-corrected chi connectivity index (χ2v) is 11.7. The van der Waals surface area contributed by atoms with Gasteiger partial charge < -0.3 is 9.26 Å². The largest absolute Gasteiger partial charge is 0.460 e. The summed E-state index contributed by atoms with van der Waals surface area (Å²) in [5.74, 6) is 0.839. The highest BCUT2D eigenvalue weighted by atomic mass is 32.2. The number of aryl methyl sites for hydroxylation is 1. The number of rotatable bonds is 9. The minimum atomic E-state index is -3.76. The Morgan fingerprint density at radius 2 is 1.84 bits per heavy atom. The molecule has 9 heteroatoms.